The molecule has 0 aliphatic heterocycles. The predicted molar refractivity (Wildman–Crippen MR) is 66.4 cm³/mol. The molecule has 7 heteroatoms. The van der Waals surface area contributed by atoms with E-state index in [1.54, 1.807) is 0 Å². The van der Waals surface area contributed by atoms with Crippen molar-refractivity contribution in [1.82, 2.24) is 9.97 Å². The zero-order valence-corrected chi connectivity index (χ0v) is 10.8. The summed E-state index contributed by atoms with van der Waals surface area (Å²) in [6.45, 7) is 5.32. The molecule has 0 saturated carbocycles. The first-order valence-electron chi connectivity index (χ1n) is 5.21. The molecule has 17 heavy (non-hydrogen) atoms. The summed E-state index contributed by atoms with van der Waals surface area (Å²) in [6, 6.07) is 0. The van der Waals surface area contributed by atoms with Crippen LogP contribution in [0, 0.1) is 0 Å². The second kappa shape index (κ2) is 5.67. The smallest absolute Gasteiger partial charge is 0.359 e. The molecule has 0 radical (unpaired) electrons. The summed E-state index contributed by atoms with van der Waals surface area (Å²) in [5.74, 6) is -0.171. The van der Waals surface area contributed by atoms with Crippen molar-refractivity contribution in [2.45, 2.75) is 13.8 Å². The number of nitrogens with two attached hydrogens (primary N) is 1. The van der Waals surface area contributed by atoms with Crippen LogP contribution in [-0.2, 0) is 4.74 Å². The number of aromatic nitrogens is 2. The van der Waals surface area contributed by atoms with Gasteiger partial charge < -0.3 is 15.4 Å². The van der Waals surface area contributed by atoms with Gasteiger partial charge in [0.15, 0.2) is 11.5 Å². The van der Waals surface area contributed by atoms with Crippen LogP contribution in [0.15, 0.2) is 0 Å². The summed E-state index contributed by atoms with van der Waals surface area (Å²) in [5, 5.41) is -0.0264. The molecular weight excluding hydrogens is 244 g/mol. The Kier molecular flexibility index (Phi) is 4.51. The van der Waals surface area contributed by atoms with Crippen LogP contribution in [0.4, 0.5) is 11.5 Å². The minimum Gasteiger partial charge on any atom is -0.464 e. The van der Waals surface area contributed by atoms with Crippen LogP contribution in [0.3, 0.4) is 0 Å². The average Bonchev–Trinajstić information content (AvgIpc) is 2.33. The summed E-state index contributed by atoms with van der Waals surface area (Å²) in [6.07, 6.45) is 0. The van der Waals surface area contributed by atoms with Crippen LogP contribution in [-0.4, -0.2) is 36.1 Å². The number of hydrogen-bond acceptors (Lipinski definition) is 6. The molecule has 0 unspecified atom stereocenters. The Morgan fingerprint density at radius 3 is 2.47 bits per heavy atom. The molecule has 0 spiro atoms. The van der Waals surface area contributed by atoms with Gasteiger partial charge in [-0.25, -0.2) is 9.78 Å². The third-order valence-electron chi connectivity index (χ3n) is 2.34. The van der Waals surface area contributed by atoms with E-state index >= 15 is 0 Å². The molecule has 1 aromatic heterocycles. The minimum absolute atomic E-state index is 0.00519. The first kappa shape index (κ1) is 13.5. The Morgan fingerprint density at radius 2 is 2.00 bits per heavy atom. The molecule has 0 aliphatic rings. The molecule has 0 aliphatic carbocycles. The van der Waals surface area contributed by atoms with E-state index < -0.39 is 5.97 Å². The number of methoxy groups -OCH3 is 1. The monoisotopic (exact) mass is 258 g/mol. The van der Waals surface area contributed by atoms with Gasteiger partial charge in [0.25, 0.3) is 0 Å². The van der Waals surface area contributed by atoms with E-state index in [1.807, 2.05) is 18.7 Å². The van der Waals surface area contributed by atoms with E-state index in [9.17, 15) is 4.79 Å². The summed E-state index contributed by atoms with van der Waals surface area (Å²) in [5.41, 5.74) is 6.03. The number of nitrogens with zero attached hydrogens (tertiary/aromatic N) is 3. The summed E-state index contributed by atoms with van der Waals surface area (Å²) in [7, 11) is 1.26. The lowest BCUT2D eigenvalue weighted by Gasteiger charge is -2.21. The molecule has 0 saturated heterocycles. The molecule has 2 N–H and O–H groups in total. The fourth-order valence-electron chi connectivity index (χ4n) is 1.45. The topological polar surface area (TPSA) is 81.3 Å². The van der Waals surface area contributed by atoms with E-state index in [0.717, 1.165) is 0 Å². The van der Waals surface area contributed by atoms with Crippen molar-refractivity contribution in [2.24, 2.45) is 0 Å². The minimum atomic E-state index is -0.625. The second-order valence-corrected chi connectivity index (χ2v) is 3.58. The number of ether oxygens (including phenoxy) is 1. The van der Waals surface area contributed by atoms with Gasteiger partial charge >= 0.3 is 5.97 Å². The third-order valence-corrected chi connectivity index (χ3v) is 2.51. The molecule has 6 nitrogen and oxygen atoms in total. The van der Waals surface area contributed by atoms with E-state index in [-0.39, 0.29) is 16.7 Å². The van der Waals surface area contributed by atoms with Crippen LogP contribution in [0.5, 0.6) is 0 Å². The maximum atomic E-state index is 11.5. The van der Waals surface area contributed by atoms with E-state index in [2.05, 4.69) is 14.7 Å². The van der Waals surface area contributed by atoms with Crippen LogP contribution < -0.4 is 10.6 Å². The third kappa shape index (κ3) is 2.76. The summed E-state index contributed by atoms with van der Waals surface area (Å²) < 4.78 is 4.59. The number of halogens is 1. The Bertz CT molecular complexity index is 421. The molecule has 0 atom stereocenters. The molecule has 1 rings (SSSR count). The van der Waals surface area contributed by atoms with Crippen LogP contribution in [0.1, 0.15) is 24.3 Å². The van der Waals surface area contributed by atoms with E-state index in [1.165, 1.54) is 7.11 Å². The van der Waals surface area contributed by atoms with Crippen molar-refractivity contribution in [3.63, 3.8) is 0 Å². The lowest BCUT2D eigenvalue weighted by atomic mass is 10.3. The highest BCUT2D eigenvalue weighted by molar-refractivity contribution is 6.28. The number of rotatable bonds is 4. The molecule has 0 bridgehead atoms. The highest BCUT2D eigenvalue weighted by Gasteiger charge is 2.20. The van der Waals surface area contributed by atoms with Gasteiger partial charge in [-0.3, -0.25) is 0 Å². The Balaban J connectivity index is 3.32. The SMILES string of the molecule is CCN(CC)c1nc(Cl)nc(C(=O)OC)c1N. The first-order chi connectivity index (χ1) is 8.04. The maximum Gasteiger partial charge on any atom is 0.359 e. The van der Waals surface area contributed by atoms with Crippen molar-refractivity contribution in [3.8, 4) is 0 Å². The zero-order valence-electron chi connectivity index (χ0n) is 10.0. The number of nitrogen functional groups attached to an aromatic ring is 1. The van der Waals surface area contributed by atoms with Crippen LogP contribution >= 0.6 is 11.6 Å². The fraction of sp³-hybridized carbons (Fsp3) is 0.500. The summed E-state index contributed by atoms with van der Waals surface area (Å²) in [4.78, 5) is 21.2. The standard InChI is InChI=1S/C10H15ClN4O2/c1-4-15(5-2)8-6(12)7(9(16)17-3)13-10(11)14-8/h4-5,12H2,1-3H3. The van der Waals surface area contributed by atoms with Gasteiger partial charge in [0.05, 0.1) is 7.11 Å². The lowest BCUT2D eigenvalue weighted by Crippen LogP contribution is -2.26. The Labute approximate surface area is 105 Å². The normalized spacial score (nSPS) is 10.1. The van der Waals surface area contributed by atoms with Crippen molar-refractivity contribution in [3.05, 3.63) is 11.0 Å². The second-order valence-electron chi connectivity index (χ2n) is 3.24. The predicted octanol–water partition coefficient (Wildman–Crippen LogP) is 1.34. The molecular formula is C10H15ClN4O2. The van der Waals surface area contributed by atoms with Gasteiger partial charge in [0.1, 0.15) is 5.69 Å². The number of carbonyl (C=O) groups excluding carboxylic acids is 1. The van der Waals surface area contributed by atoms with Gasteiger partial charge in [0, 0.05) is 13.1 Å². The van der Waals surface area contributed by atoms with Crippen molar-refractivity contribution >= 4 is 29.1 Å². The van der Waals surface area contributed by atoms with Gasteiger partial charge in [-0.1, -0.05) is 0 Å². The first-order valence-corrected chi connectivity index (χ1v) is 5.59. The molecule has 0 aromatic carbocycles. The summed E-state index contributed by atoms with van der Waals surface area (Å²) >= 11 is 5.77. The van der Waals surface area contributed by atoms with Gasteiger partial charge in [-0.2, -0.15) is 4.98 Å². The highest BCUT2D eigenvalue weighted by atomic mass is 35.5. The van der Waals surface area contributed by atoms with Crippen LogP contribution in [0.2, 0.25) is 5.28 Å². The lowest BCUT2D eigenvalue weighted by molar-refractivity contribution is 0.0595. The van der Waals surface area contributed by atoms with Crippen molar-refractivity contribution < 1.29 is 9.53 Å². The molecule has 0 amide bonds. The molecule has 1 heterocycles. The van der Waals surface area contributed by atoms with Gasteiger partial charge in [-0.05, 0) is 25.4 Å². The van der Waals surface area contributed by atoms with Crippen molar-refractivity contribution in [2.75, 3.05) is 30.8 Å². The van der Waals surface area contributed by atoms with E-state index in [0.29, 0.717) is 18.9 Å². The molecule has 0 fully saturated rings. The maximum absolute atomic E-state index is 11.5. The highest BCUT2D eigenvalue weighted by Crippen LogP contribution is 2.25. The Hall–Kier alpha value is -1.56. The zero-order chi connectivity index (χ0) is 13.0. The molecule has 1 aromatic rings. The van der Waals surface area contributed by atoms with Gasteiger partial charge in [-0.15, -0.1) is 0 Å². The quantitative estimate of drug-likeness (QED) is 0.648. The van der Waals surface area contributed by atoms with E-state index in [4.69, 9.17) is 17.3 Å². The largest absolute Gasteiger partial charge is 0.464 e. The number of carbonyl (C=O) groups is 1. The average molecular weight is 259 g/mol. The van der Waals surface area contributed by atoms with Crippen LogP contribution in [0.25, 0.3) is 0 Å². The van der Waals surface area contributed by atoms with Gasteiger partial charge in [0.2, 0.25) is 5.28 Å². The van der Waals surface area contributed by atoms with Crippen molar-refractivity contribution in [1.29, 1.82) is 0 Å². The number of anilines is 2. The number of hydrogen-bond donors (Lipinski definition) is 1. The fourth-order valence-corrected chi connectivity index (χ4v) is 1.61. The number of esters is 1. The Morgan fingerprint density at radius 1 is 1.41 bits per heavy atom. The molecule has 94 valence electrons.